The van der Waals surface area contributed by atoms with E-state index in [0.29, 0.717) is 15.7 Å². The van der Waals surface area contributed by atoms with Gasteiger partial charge in [-0.3, -0.25) is 4.79 Å². The molecule has 0 aliphatic rings. The number of hydrogen-bond donors (Lipinski definition) is 2. The van der Waals surface area contributed by atoms with Crippen molar-refractivity contribution in [1.82, 2.24) is 0 Å². The van der Waals surface area contributed by atoms with E-state index in [9.17, 15) is 9.59 Å². The molecule has 1 aromatic rings. The zero-order chi connectivity index (χ0) is 12.8. The highest BCUT2D eigenvalue weighted by atomic mass is 35.5. The van der Waals surface area contributed by atoms with Crippen LogP contribution in [0.4, 0.5) is 5.69 Å². The predicted molar refractivity (Wildman–Crippen MR) is 63.5 cm³/mol. The molecule has 0 bridgehead atoms. The Morgan fingerprint density at radius 1 is 1.24 bits per heavy atom. The van der Waals surface area contributed by atoms with Crippen LogP contribution in [-0.2, 0) is 14.3 Å². The van der Waals surface area contributed by atoms with Crippen LogP contribution in [0.5, 0.6) is 0 Å². The lowest BCUT2D eigenvalue weighted by atomic mass is 10.3. The average molecular weight is 278 g/mol. The Kier molecular flexibility index (Phi) is 5.21. The SMILES string of the molecule is O=C(O)COCC(=O)Nc1ccc(Cl)c(Cl)c1. The number of benzene rings is 1. The number of aliphatic carboxylic acids is 1. The first-order valence-electron chi connectivity index (χ1n) is 4.53. The second kappa shape index (κ2) is 6.44. The van der Waals surface area contributed by atoms with Crippen molar-refractivity contribution in [2.24, 2.45) is 0 Å². The van der Waals surface area contributed by atoms with Gasteiger partial charge in [-0.05, 0) is 18.2 Å². The maximum atomic E-state index is 11.3. The van der Waals surface area contributed by atoms with Crippen molar-refractivity contribution in [3.05, 3.63) is 28.2 Å². The molecule has 1 rings (SSSR count). The van der Waals surface area contributed by atoms with Gasteiger partial charge >= 0.3 is 5.97 Å². The molecule has 2 N–H and O–H groups in total. The number of anilines is 1. The van der Waals surface area contributed by atoms with Crippen molar-refractivity contribution in [3.8, 4) is 0 Å². The second-order valence-electron chi connectivity index (χ2n) is 3.06. The van der Waals surface area contributed by atoms with Crippen LogP contribution in [0.15, 0.2) is 18.2 Å². The quantitative estimate of drug-likeness (QED) is 0.864. The summed E-state index contributed by atoms with van der Waals surface area (Å²) in [5.41, 5.74) is 0.461. The third-order valence-corrected chi connectivity index (χ3v) is 2.40. The molecule has 0 aliphatic heterocycles. The van der Waals surface area contributed by atoms with Gasteiger partial charge in [0.05, 0.1) is 10.0 Å². The Morgan fingerprint density at radius 2 is 1.94 bits per heavy atom. The van der Waals surface area contributed by atoms with Gasteiger partial charge in [0.1, 0.15) is 13.2 Å². The number of carboxylic acid groups (broad SMARTS) is 1. The number of carbonyl (C=O) groups is 2. The highest BCUT2D eigenvalue weighted by molar-refractivity contribution is 6.42. The molecule has 92 valence electrons. The van der Waals surface area contributed by atoms with Crippen LogP contribution in [0.3, 0.4) is 0 Å². The summed E-state index contributed by atoms with van der Waals surface area (Å²) in [5, 5.41) is 11.5. The summed E-state index contributed by atoms with van der Waals surface area (Å²) in [6.07, 6.45) is 0. The number of amides is 1. The molecule has 0 aromatic heterocycles. The fourth-order valence-corrected chi connectivity index (χ4v) is 1.30. The average Bonchev–Trinajstić information content (AvgIpc) is 2.23. The molecule has 17 heavy (non-hydrogen) atoms. The van der Waals surface area contributed by atoms with E-state index in [1.54, 1.807) is 6.07 Å². The summed E-state index contributed by atoms with van der Waals surface area (Å²) in [5.74, 6) is -1.60. The predicted octanol–water partition coefficient (Wildman–Crippen LogP) is 2.03. The highest BCUT2D eigenvalue weighted by Gasteiger charge is 2.06. The summed E-state index contributed by atoms with van der Waals surface area (Å²) in [6.45, 7) is -0.860. The van der Waals surface area contributed by atoms with Crippen LogP contribution in [0.2, 0.25) is 10.0 Å². The van der Waals surface area contributed by atoms with E-state index in [-0.39, 0.29) is 6.61 Å². The Hall–Kier alpha value is -1.30. The van der Waals surface area contributed by atoms with E-state index in [1.807, 2.05) is 0 Å². The fourth-order valence-electron chi connectivity index (χ4n) is 1.00. The number of hydrogen-bond acceptors (Lipinski definition) is 3. The standard InChI is InChI=1S/C10H9Cl2NO4/c11-7-2-1-6(3-8(7)12)13-9(14)4-17-5-10(15)16/h1-3H,4-5H2,(H,13,14)(H,15,16). The van der Waals surface area contributed by atoms with Crippen LogP contribution in [-0.4, -0.2) is 30.2 Å². The third-order valence-electron chi connectivity index (χ3n) is 1.66. The zero-order valence-corrected chi connectivity index (χ0v) is 10.1. The van der Waals surface area contributed by atoms with Crippen LogP contribution in [0, 0.1) is 0 Å². The fraction of sp³-hybridized carbons (Fsp3) is 0.200. The van der Waals surface area contributed by atoms with Crippen molar-refractivity contribution >= 4 is 40.8 Å². The van der Waals surface area contributed by atoms with Crippen molar-refractivity contribution in [2.45, 2.75) is 0 Å². The largest absolute Gasteiger partial charge is 0.480 e. The minimum absolute atomic E-state index is 0.316. The van der Waals surface area contributed by atoms with E-state index in [1.165, 1.54) is 12.1 Å². The topological polar surface area (TPSA) is 75.6 Å². The van der Waals surface area contributed by atoms with Gasteiger partial charge in [0.15, 0.2) is 0 Å². The van der Waals surface area contributed by atoms with Crippen molar-refractivity contribution < 1.29 is 19.4 Å². The van der Waals surface area contributed by atoms with E-state index in [4.69, 9.17) is 28.3 Å². The van der Waals surface area contributed by atoms with Crippen LogP contribution >= 0.6 is 23.2 Å². The molecule has 5 nitrogen and oxygen atoms in total. The van der Waals surface area contributed by atoms with Gasteiger partial charge in [-0.25, -0.2) is 4.79 Å². The molecule has 0 radical (unpaired) electrons. The molecule has 0 saturated carbocycles. The van der Waals surface area contributed by atoms with Crippen LogP contribution in [0.25, 0.3) is 0 Å². The van der Waals surface area contributed by atoms with Crippen molar-refractivity contribution in [1.29, 1.82) is 0 Å². The van der Waals surface area contributed by atoms with Gasteiger partial charge in [-0.1, -0.05) is 23.2 Å². The summed E-state index contributed by atoms with van der Waals surface area (Å²) in [4.78, 5) is 21.4. The van der Waals surface area contributed by atoms with Gasteiger partial charge in [-0.2, -0.15) is 0 Å². The summed E-state index contributed by atoms with van der Waals surface area (Å²) in [7, 11) is 0. The lowest BCUT2D eigenvalue weighted by Gasteiger charge is -2.06. The summed E-state index contributed by atoms with van der Waals surface area (Å²) < 4.78 is 4.61. The van der Waals surface area contributed by atoms with E-state index in [0.717, 1.165) is 0 Å². The van der Waals surface area contributed by atoms with Crippen LogP contribution in [0.1, 0.15) is 0 Å². The zero-order valence-electron chi connectivity index (χ0n) is 8.57. The normalized spacial score (nSPS) is 10.0. The monoisotopic (exact) mass is 277 g/mol. The maximum absolute atomic E-state index is 11.3. The first-order valence-corrected chi connectivity index (χ1v) is 5.29. The van der Waals surface area contributed by atoms with Gasteiger partial charge in [0.25, 0.3) is 0 Å². The number of rotatable bonds is 5. The van der Waals surface area contributed by atoms with E-state index in [2.05, 4.69) is 10.1 Å². The lowest BCUT2D eigenvalue weighted by Crippen LogP contribution is -2.20. The minimum atomic E-state index is -1.13. The second-order valence-corrected chi connectivity index (χ2v) is 3.88. The number of carbonyl (C=O) groups excluding carboxylic acids is 1. The van der Waals surface area contributed by atoms with Gasteiger partial charge < -0.3 is 15.2 Å². The molecule has 0 heterocycles. The molecular weight excluding hydrogens is 269 g/mol. The van der Waals surface area contributed by atoms with Gasteiger partial charge in [0, 0.05) is 5.69 Å². The molecule has 0 saturated heterocycles. The van der Waals surface area contributed by atoms with Gasteiger partial charge in [-0.15, -0.1) is 0 Å². The lowest BCUT2D eigenvalue weighted by molar-refractivity contribution is -0.143. The third kappa shape index (κ3) is 5.04. The maximum Gasteiger partial charge on any atom is 0.329 e. The number of nitrogens with one attached hydrogen (secondary N) is 1. The Morgan fingerprint density at radius 3 is 2.53 bits per heavy atom. The van der Waals surface area contributed by atoms with E-state index >= 15 is 0 Å². The molecule has 0 unspecified atom stereocenters. The molecule has 0 atom stereocenters. The minimum Gasteiger partial charge on any atom is -0.480 e. The molecule has 7 heteroatoms. The first kappa shape index (κ1) is 13.8. The number of ether oxygens (including phenoxy) is 1. The number of halogens is 2. The van der Waals surface area contributed by atoms with Gasteiger partial charge in [0.2, 0.25) is 5.91 Å². The van der Waals surface area contributed by atoms with Crippen molar-refractivity contribution in [3.63, 3.8) is 0 Å². The first-order chi connectivity index (χ1) is 7.99. The van der Waals surface area contributed by atoms with E-state index < -0.39 is 18.5 Å². The van der Waals surface area contributed by atoms with Crippen molar-refractivity contribution in [2.75, 3.05) is 18.5 Å². The Bertz CT molecular complexity index is 436. The molecule has 0 spiro atoms. The Labute approximate surface area is 107 Å². The molecule has 1 aromatic carbocycles. The van der Waals surface area contributed by atoms with Crippen LogP contribution < -0.4 is 5.32 Å². The Balaban J connectivity index is 2.45. The molecule has 0 aliphatic carbocycles. The summed E-state index contributed by atoms with van der Waals surface area (Å²) >= 11 is 11.5. The highest BCUT2D eigenvalue weighted by Crippen LogP contribution is 2.24. The smallest absolute Gasteiger partial charge is 0.329 e. The molecule has 0 fully saturated rings. The summed E-state index contributed by atoms with van der Waals surface area (Å²) in [6, 6.07) is 4.60. The molecular formula is C10H9Cl2NO4. The molecule has 1 amide bonds. The number of carboxylic acids is 1.